The van der Waals surface area contributed by atoms with Crippen LogP contribution in [0.15, 0.2) is 78.0 Å². The molecule has 2 aliphatic carbocycles. The standard InChI is InChI=1S/C45H63N3O9/c1-7-23-48(43(52)53-9-3)39-29-37(47-57-44(4,5)6)35-27-32(19-13-15-24-49)34(20-14-16-25-50)40-36-28-33(55-42(51)46-30-31-17-11-10-12-18-31)21-22-38(36)56-45(39,41(35)40)54-26-8-2/h8,10-12,17-18,21-22,27-28,32,34,39-41,49-50H,2,7,9,13-16,19-20,23-26,29-30H2,1,3-6H3,(H,46,51)/t32-,34+,39-,40+,41+,45+/m0/s1. The first-order chi connectivity index (χ1) is 27.5. The number of nitrogens with zero attached hydrogens (tertiary/aromatic N) is 2. The lowest BCUT2D eigenvalue weighted by Crippen LogP contribution is -2.70. The highest BCUT2D eigenvalue weighted by Gasteiger charge is 2.65. The molecule has 2 aromatic carbocycles. The fourth-order valence-corrected chi connectivity index (χ4v) is 8.64. The SMILES string of the molecule is C=CCO[C@@]12Oc3ccc(OC(=O)NCc4ccccc4)cc3[C@H]3[C@H](CCCCO)[C@@H](CCCCO)C=C(C(=NOC(C)(C)C)C[C@@H]1N(CCC)C(=O)OCC)[C@H]32. The Morgan fingerprint density at radius 3 is 2.46 bits per heavy atom. The van der Waals surface area contributed by atoms with Crippen LogP contribution in [0.1, 0.15) is 103 Å². The lowest BCUT2D eigenvalue weighted by Gasteiger charge is -2.60. The molecule has 3 aliphatic rings. The summed E-state index contributed by atoms with van der Waals surface area (Å²) in [5, 5.41) is 27.4. The zero-order valence-corrected chi connectivity index (χ0v) is 34.4. The first-order valence-electron chi connectivity index (χ1n) is 20.7. The molecular formula is C45H63N3O9. The normalized spacial score (nSPS) is 24.3. The van der Waals surface area contributed by atoms with Gasteiger partial charge in [0.25, 0.3) is 0 Å². The van der Waals surface area contributed by atoms with Gasteiger partial charge >= 0.3 is 12.2 Å². The van der Waals surface area contributed by atoms with Crippen LogP contribution >= 0.6 is 0 Å². The number of amides is 2. The number of aliphatic hydroxyl groups excluding tert-OH is 2. The quantitative estimate of drug-likeness (QED) is 0.0727. The fourth-order valence-electron chi connectivity index (χ4n) is 8.64. The monoisotopic (exact) mass is 789 g/mol. The summed E-state index contributed by atoms with van der Waals surface area (Å²) in [6.07, 6.45) is 8.37. The van der Waals surface area contributed by atoms with E-state index in [1.807, 2.05) is 70.2 Å². The number of carbonyl (C=O) groups is 2. The van der Waals surface area contributed by atoms with Crippen LogP contribution in [0.2, 0.25) is 0 Å². The molecule has 5 rings (SSSR count). The average molecular weight is 790 g/mol. The Morgan fingerprint density at radius 1 is 1.05 bits per heavy atom. The second-order valence-electron chi connectivity index (χ2n) is 16.1. The number of benzene rings is 2. The minimum absolute atomic E-state index is 0.0197. The lowest BCUT2D eigenvalue weighted by molar-refractivity contribution is -0.255. The summed E-state index contributed by atoms with van der Waals surface area (Å²) in [6.45, 7) is 14.9. The van der Waals surface area contributed by atoms with Gasteiger partial charge in [-0.15, -0.1) is 6.58 Å². The Morgan fingerprint density at radius 2 is 1.79 bits per heavy atom. The molecule has 1 fully saturated rings. The number of unbranched alkanes of at least 4 members (excludes halogenated alkanes) is 2. The van der Waals surface area contributed by atoms with Crippen molar-refractivity contribution >= 4 is 17.9 Å². The zero-order valence-electron chi connectivity index (χ0n) is 34.4. The molecule has 2 amide bonds. The van der Waals surface area contributed by atoms with Crippen LogP contribution in [0.25, 0.3) is 0 Å². The molecule has 12 heteroatoms. The van der Waals surface area contributed by atoms with E-state index in [2.05, 4.69) is 18.0 Å². The topological polar surface area (TPSA) is 148 Å². The minimum Gasteiger partial charge on any atom is -0.459 e. The smallest absolute Gasteiger partial charge is 0.412 e. The molecule has 12 nitrogen and oxygen atoms in total. The van der Waals surface area contributed by atoms with E-state index in [1.165, 1.54) is 0 Å². The number of oxime groups is 1. The van der Waals surface area contributed by atoms with E-state index in [1.54, 1.807) is 24.0 Å². The van der Waals surface area contributed by atoms with E-state index in [9.17, 15) is 19.8 Å². The highest BCUT2D eigenvalue weighted by atomic mass is 16.7. The molecule has 0 bridgehead atoms. The van der Waals surface area contributed by atoms with Gasteiger partial charge in [0, 0.05) is 44.2 Å². The van der Waals surface area contributed by atoms with E-state index >= 15 is 0 Å². The molecule has 1 aliphatic heterocycles. The van der Waals surface area contributed by atoms with Gasteiger partial charge in [0.2, 0.25) is 5.79 Å². The van der Waals surface area contributed by atoms with Crippen molar-refractivity contribution in [3.8, 4) is 11.5 Å². The van der Waals surface area contributed by atoms with Crippen molar-refractivity contribution in [2.45, 2.75) is 116 Å². The van der Waals surface area contributed by atoms with E-state index in [0.29, 0.717) is 49.6 Å². The Bertz CT molecular complexity index is 1710. The molecule has 2 aromatic rings. The highest BCUT2D eigenvalue weighted by molar-refractivity contribution is 6.03. The molecule has 0 radical (unpaired) electrons. The fraction of sp³-hybridized carbons (Fsp3) is 0.578. The first-order valence-corrected chi connectivity index (χ1v) is 20.7. The summed E-state index contributed by atoms with van der Waals surface area (Å²) >= 11 is 0. The number of allylic oxidation sites excluding steroid dienone is 1. The number of aliphatic hydroxyl groups is 2. The predicted octanol–water partition coefficient (Wildman–Crippen LogP) is 8.28. The van der Waals surface area contributed by atoms with Gasteiger partial charge in [-0.25, -0.2) is 9.59 Å². The van der Waals surface area contributed by atoms with Crippen molar-refractivity contribution in [3.05, 3.63) is 84.0 Å². The summed E-state index contributed by atoms with van der Waals surface area (Å²) in [7, 11) is 0. The Balaban J connectivity index is 1.72. The largest absolute Gasteiger partial charge is 0.459 e. The molecule has 0 aromatic heterocycles. The van der Waals surface area contributed by atoms with Crippen LogP contribution in [0, 0.1) is 17.8 Å². The number of carbonyl (C=O) groups excluding carboxylic acids is 2. The van der Waals surface area contributed by atoms with Crippen LogP contribution in [0.4, 0.5) is 9.59 Å². The molecule has 312 valence electrons. The van der Waals surface area contributed by atoms with E-state index in [-0.39, 0.29) is 50.6 Å². The number of fused-ring (bicyclic) bond motifs is 2. The summed E-state index contributed by atoms with van der Waals surface area (Å²) < 4.78 is 25.8. The summed E-state index contributed by atoms with van der Waals surface area (Å²) in [6, 6.07) is 14.4. The van der Waals surface area contributed by atoms with Gasteiger partial charge in [-0.05, 0) is 101 Å². The first kappa shape index (κ1) is 43.7. The van der Waals surface area contributed by atoms with Gasteiger partial charge in [-0.3, -0.25) is 4.90 Å². The predicted molar refractivity (Wildman–Crippen MR) is 219 cm³/mol. The molecule has 0 spiro atoms. The third kappa shape index (κ3) is 10.6. The molecular weight excluding hydrogens is 727 g/mol. The maximum Gasteiger partial charge on any atom is 0.412 e. The van der Waals surface area contributed by atoms with Crippen molar-refractivity contribution in [3.63, 3.8) is 0 Å². The molecule has 1 heterocycles. The number of rotatable bonds is 19. The third-order valence-corrected chi connectivity index (χ3v) is 10.9. The molecule has 1 saturated carbocycles. The molecule has 57 heavy (non-hydrogen) atoms. The van der Waals surface area contributed by atoms with Crippen molar-refractivity contribution in [1.82, 2.24) is 10.2 Å². The van der Waals surface area contributed by atoms with Crippen LogP contribution < -0.4 is 14.8 Å². The molecule has 3 N–H and O–H groups in total. The van der Waals surface area contributed by atoms with E-state index in [0.717, 1.165) is 42.4 Å². The van der Waals surface area contributed by atoms with Crippen LogP contribution in [0.3, 0.4) is 0 Å². The van der Waals surface area contributed by atoms with Gasteiger partial charge in [0.15, 0.2) is 0 Å². The van der Waals surface area contributed by atoms with Crippen LogP contribution in [0.5, 0.6) is 11.5 Å². The third-order valence-electron chi connectivity index (χ3n) is 10.9. The Kier molecular flexibility index (Phi) is 15.6. The number of nitrogens with one attached hydrogen (secondary N) is 1. The number of hydrogen-bond acceptors (Lipinski definition) is 10. The zero-order chi connectivity index (χ0) is 41.0. The maximum absolute atomic E-state index is 14.0. The molecule has 6 atom stereocenters. The summed E-state index contributed by atoms with van der Waals surface area (Å²) in [5.41, 5.74) is 2.84. The minimum atomic E-state index is -1.40. The second kappa shape index (κ2) is 20.3. The van der Waals surface area contributed by atoms with Crippen molar-refractivity contribution < 1.29 is 43.6 Å². The number of hydrogen-bond donors (Lipinski definition) is 3. The average Bonchev–Trinajstić information content (AvgIpc) is 3.19. The maximum atomic E-state index is 14.0. The summed E-state index contributed by atoms with van der Waals surface area (Å²) in [5.74, 6) is -1.15. The van der Waals surface area contributed by atoms with E-state index in [4.69, 9.17) is 28.9 Å². The van der Waals surface area contributed by atoms with Crippen molar-refractivity contribution in [2.24, 2.45) is 22.9 Å². The van der Waals surface area contributed by atoms with Crippen LogP contribution in [-0.4, -0.2) is 83.4 Å². The van der Waals surface area contributed by atoms with E-state index < -0.39 is 35.5 Å². The van der Waals surface area contributed by atoms with Gasteiger partial charge < -0.3 is 39.3 Å². The molecule has 0 saturated heterocycles. The van der Waals surface area contributed by atoms with Gasteiger partial charge in [-0.1, -0.05) is 67.4 Å². The lowest BCUT2D eigenvalue weighted by atomic mass is 9.55. The van der Waals surface area contributed by atoms with Crippen LogP contribution in [-0.2, 0) is 20.9 Å². The van der Waals surface area contributed by atoms with Gasteiger partial charge in [-0.2, -0.15) is 0 Å². The van der Waals surface area contributed by atoms with Crippen molar-refractivity contribution in [1.29, 1.82) is 0 Å². The highest BCUT2D eigenvalue weighted by Crippen LogP contribution is 2.62. The molecule has 0 unspecified atom stereocenters. The van der Waals surface area contributed by atoms with Gasteiger partial charge in [0.05, 0.1) is 24.8 Å². The Hall–Kier alpha value is -4.39. The Labute approximate surface area is 338 Å². The van der Waals surface area contributed by atoms with Crippen molar-refractivity contribution in [2.75, 3.05) is 33.0 Å². The summed E-state index contributed by atoms with van der Waals surface area (Å²) in [4.78, 5) is 35.0. The number of ether oxygens (including phenoxy) is 4. The van der Waals surface area contributed by atoms with Gasteiger partial charge in [0.1, 0.15) is 23.1 Å². The second-order valence-corrected chi connectivity index (χ2v) is 16.1.